The number of carbonyl (C=O) groups is 2. The van der Waals surface area contributed by atoms with Gasteiger partial charge in [-0.25, -0.2) is 0 Å². The number of aromatic amines is 1. The van der Waals surface area contributed by atoms with Gasteiger partial charge in [0.05, 0.1) is 12.0 Å². The highest BCUT2D eigenvalue weighted by atomic mass is 16.6. The van der Waals surface area contributed by atoms with E-state index in [1.165, 1.54) is 0 Å². The van der Waals surface area contributed by atoms with E-state index in [1.54, 1.807) is 36.4 Å². The molecule has 1 atom stereocenters. The van der Waals surface area contributed by atoms with Crippen LogP contribution in [-0.4, -0.2) is 30.0 Å². The number of ketones is 1. The van der Waals surface area contributed by atoms with Crippen molar-refractivity contribution in [1.29, 1.82) is 0 Å². The Balaban J connectivity index is 1.33. The number of fused-ring (bicyclic) bond motifs is 5. The molecule has 0 aliphatic carbocycles. The molecule has 0 saturated heterocycles. The van der Waals surface area contributed by atoms with E-state index in [2.05, 4.69) is 4.98 Å². The fraction of sp³-hybridized carbons (Fsp3) is 0.138. The molecule has 4 aromatic rings. The average molecular weight is 493 g/mol. The van der Waals surface area contributed by atoms with Crippen LogP contribution < -0.4 is 24.5 Å². The first-order valence-corrected chi connectivity index (χ1v) is 11.9. The number of Topliss-reactive ketones (excluding diaryl/α,β-unsaturated/α-hetero) is 1. The number of H-pyrrole nitrogens is 1. The van der Waals surface area contributed by atoms with Gasteiger partial charge in [-0.1, -0.05) is 24.3 Å². The Bertz CT molecular complexity index is 1730. The highest BCUT2D eigenvalue weighted by molar-refractivity contribution is 6.15. The van der Waals surface area contributed by atoms with Crippen molar-refractivity contribution in [3.8, 4) is 23.0 Å². The Morgan fingerprint density at radius 3 is 2.54 bits per heavy atom. The van der Waals surface area contributed by atoms with Gasteiger partial charge in [0.15, 0.2) is 17.3 Å². The molecule has 0 spiro atoms. The van der Waals surface area contributed by atoms with E-state index < -0.39 is 11.9 Å². The molecule has 3 aromatic carbocycles. The zero-order valence-corrected chi connectivity index (χ0v) is 19.4. The maximum atomic E-state index is 13.3. The van der Waals surface area contributed by atoms with Gasteiger partial charge in [-0.2, -0.15) is 0 Å². The van der Waals surface area contributed by atoms with Crippen LogP contribution in [0.15, 0.2) is 71.2 Å². The molecular weight excluding hydrogens is 474 g/mol. The molecular formula is C29H19NO7. The minimum absolute atomic E-state index is 0.0520. The minimum atomic E-state index is -0.638. The van der Waals surface area contributed by atoms with Gasteiger partial charge < -0.3 is 23.9 Å². The molecule has 7 rings (SSSR count). The van der Waals surface area contributed by atoms with E-state index in [0.717, 1.165) is 5.39 Å². The van der Waals surface area contributed by atoms with Crippen molar-refractivity contribution in [3.05, 3.63) is 99.0 Å². The first kappa shape index (κ1) is 21.4. The van der Waals surface area contributed by atoms with Crippen LogP contribution in [0.2, 0.25) is 0 Å². The van der Waals surface area contributed by atoms with Gasteiger partial charge in [-0.3, -0.25) is 14.4 Å². The monoisotopic (exact) mass is 493 g/mol. The van der Waals surface area contributed by atoms with Crippen molar-refractivity contribution >= 4 is 28.7 Å². The molecule has 0 radical (unpaired) electrons. The summed E-state index contributed by atoms with van der Waals surface area (Å²) in [6.07, 6.45) is 1.59. The molecule has 0 unspecified atom stereocenters. The molecule has 8 nitrogen and oxygen atoms in total. The lowest BCUT2D eigenvalue weighted by Crippen LogP contribution is -2.26. The lowest BCUT2D eigenvalue weighted by molar-refractivity contribution is -0.135. The number of aromatic nitrogens is 1. The number of ether oxygens (including phenoxy) is 4. The number of carbonyl (C=O) groups excluding carboxylic acids is 2. The molecule has 3 aliphatic rings. The highest BCUT2D eigenvalue weighted by Crippen LogP contribution is 2.48. The summed E-state index contributed by atoms with van der Waals surface area (Å²) >= 11 is 0. The largest absolute Gasteiger partial charge is 0.486 e. The number of allylic oxidation sites excluding steroid dienone is 1. The molecule has 37 heavy (non-hydrogen) atoms. The second-order valence-corrected chi connectivity index (χ2v) is 9.07. The second-order valence-electron chi connectivity index (χ2n) is 9.07. The van der Waals surface area contributed by atoms with E-state index in [1.807, 2.05) is 30.3 Å². The fourth-order valence-electron chi connectivity index (χ4n) is 5.10. The summed E-state index contributed by atoms with van der Waals surface area (Å²) < 4.78 is 22.8. The van der Waals surface area contributed by atoms with Gasteiger partial charge in [-0.15, -0.1) is 0 Å². The number of rotatable bonds is 2. The standard InChI is InChI=1S/C29H19NO7/c31-25-14-18(19-13-16-3-1-2-4-20(16)30-29(19)33)26-22(36-25)8-6-17-27(32)24(37-28(17)26)12-15-5-7-21-23(11-15)35-10-9-34-21/h1-8,11-13,18H,9-10,14H2,(H,30,33)/b24-12-/t18-/m0/s1. The zero-order valence-electron chi connectivity index (χ0n) is 19.4. The molecule has 3 aliphatic heterocycles. The maximum Gasteiger partial charge on any atom is 0.312 e. The third-order valence-electron chi connectivity index (χ3n) is 6.80. The van der Waals surface area contributed by atoms with E-state index >= 15 is 0 Å². The van der Waals surface area contributed by atoms with Crippen LogP contribution in [0.1, 0.15) is 39.4 Å². The summed E-state index contributed by atoms with van der Waals surface area (Å²) in [5.41, 5.74) is 2.37. The lowest BCUT2D eigenvalue weighted by atomic mass is 9.85. The molecule has 8 heteroatoms. The summed E-state index contributed by atoms with van der Waals surface area (Å²) in [5.74, 6) is 0.566. The first-order valence-electron chi connectivity index (χ1n) is 11.9. The maximum absolute atomic E-state index is 13.3. The van der Waals surface area contributed by atoms with Crippen LogP contribution in [0, 0.1) is 0 Å². The summed E-state index contributed by atoms with van der Waals surface area (Å²) in [5, 5.41) is 0.835. The van der Waals surface area contributed by atoms with Crippen LogP contribution in [0.25, 0.3) is 17.0 Å². The summed E-state index contributed by atoms with van der Waals surface area (Å²) in [6, 6.07) is 17.8. The Morgan fingerprint density at radius 1 is 0.838 bits per heavy atom. The van der Waals surface area contributed by atoms with Crippen molar-refractivity contribution in [2.24, 2.45) is 0 Å². The Labute approximate surface area is 210 Å². The van der Waals surface area contributed by atoms with Crippen LogP contribution in [0.5, 0.6) is 23.0 Å². The number of pyridine rings is 1. The fourth-order valence-corrected chi connectivity index (χ4v) is 5.10. The predicted molar refractivity (Wildman–Crippen MR) is 133 cm³/mol. The van der Waals surface area contributed by atoms with Gasteiger partial charge in [0, 0.05) is 22.6 Å². The van der Waals surface area contributed by atoms with Crippen LogP contribution in [0.4, 0.5) is 0 Å². The molecule has 4 heterocycles. The Hall–Kier alpha value is -4.85. The molecule has 1 aromatic heterocycles. The first-order chi connectivity index (χ1) is 18.0. The van der Waals surface area contributed by atoms with E-state index in [9.17, 15) is 14.4 Å². The summed E-state index contributed by atoms with van der Waals surface area (Å²) in [6.45, 7) is 0.940. The van der Waals surface area contributed by atoms with Gasteiger partial charge in [0.1, 0.15) is 24.7 Å². The number of benzene rings is 3. The molecule has 182 valence electrons. The SMILES string of the molecule is O=C1C[C@@H](c2cc3ccccc3[nH]c2=O)c2c(ccc3c2O/C(=C\c2ccc4c(c2)OCCO4)C3=O)O1. The van der Waals surface area contributed by atoms with E-state index in [0.29, 0.717) is 58.2 Å². The third kappa shape index (κ3) is 3.48. The van der Waals surface area contributed by atoms with Crippen molar-refractivity contribution in [2.45, 2.75) is 12.3 Å². The topological polar surface area (TPSA) is 104 Å². The van der Waals surface area contributed by atoms with Gasteiger partial charge in [0.25, 0.3) is 5.56 Å². The van der Waals surface area contributed by atoms with Crippen LogP contribution in [0.3, 0.4) is 0 Å². The van der Waals surface area contributed by atoms with Crippen LogP contribution in [-0.2, 0) is 4.79 Å². The smallest absolute Gasteiger partial charge is 0.312 e. The van der Waals surface area contributed by atoms with E-state index in [-0.39, 0.29) is 29.3 Å². The van der Waals surface area contributed by atoms with Gasteiger partial charge in [-0.05, 0) is 53.4 Å². The Kier molecular flexibility index (Phi) is 4.69. The highest BCUT2D eigenvalue weighted by Gasteiger charge is 2.39. The zero-order chi connectivity index (χ0) is 25.1. The molecule has 0 bridgehead atoms. The number of nitrogens with one attached hydrogen (secondary N) is 1. The molecule has 0 saturated carbocycles. The minimum Gasteiger partial charge on any atom is -0.486 e. The Morgan fingerprint density at radius 2 is 1.65 bits per heavy atom. The molecule has 1 N–H and O–H groups in total. The predicted octanol–water partition coefficient (Wildman–Crippen LogP) is 4.36. The van der Waals surface area contributed by atoms with Crippen molar-refractivity contribution in [3.63, 3.8) is 0 Å². The normalized spacial score (nSPS) is 18.8. The van der Waals surface area contributed by atoms with Crippen molar-refractivity contribution in [2.75, 3.05) is 13.2 Å². The third-order valence-corrected chi connectivity index (χ3v) is 6.80. The van der Waals surface area contributed by atoms with Crippen molar-refractivity contribution in [1.82, 2.24) is 4.98 Å². The average Bonchev–Trinajstić information content (AvgIpc) is 3.22. The number of para-hydroxylation sites is 1. The number of hydrogen-bond donors (Lipinski definition) is 1. The van der Waals surface area contributed by atoms with Gasteiger partial charge in [0.2, 0.25) is 5.78 Å². The summed E-state index contributed by atoms with van der Waals surface area (Å²) in [7, 11) is 0. The molecule has 0 fully saturated rings. The van der Waals surface area contributed by atoms with Gasteiger partial charge >= 0.3 is 5.97 Å². The van der Waals surface area contributed by atoms with Crippen LogP contribution >= 0.6 is 0 Å². The van der Waals surface area contributed by atoms with E-state index in [4.69, 9.17) is 18.9 Å². The second kappa shape index (κ2) is 8.09. The summed E-state index contributed by atoms with van der Waals surface area (Å²) in [4.78, 5) is 41.8. The number of esters is 1. The number of hydrogen-bond acceptors (Lipinski definition) is 7. The van der Waals surface area contributed by atoms with Crippen molar-refractivity contribution < 1.29 is 28.5 Å². The quantitative estimate of drug-likeness (QED) is 0.251. The molecule has 0 amide bonds. The lowest BCUT2D eigenvalue weighted by Gasteiger charge is -2.26.